The first-order chi connectivity index (χ1) is 10.1. The van der Waals surface area contributed by atoms with Crippen molar-refractivity contribution in [2.75, 3.05) is 26.2 Å². The molecule has 1 fully saturated rings. The van der Waals surface area contributed by atoms with Crippen molar-refractivity contribution in [3.63, 3.8) is 0 Å². The van der Waals surface area contributed by atoms with Gasteiger partial charge in [-0.2, -0.15) is 0 Å². The van der Waals surface area contributed by atoms with Gasteiger partial charge in [-0.3, -0.25) is 5.01 Å². The third-order valence-corrected chi connectivity index (χ3v) is 4.10. The van der Waals surface area contributed by atoms with Crippen LogP contribution in [0.4, 0.5) is 0 Å². The number of piperazine rings is 1. The number of hydrogen-bond acceptors (Lipinski definition) is 4. The zero-order valence-corrected chi connectivity index (χ0v) is 13.9. The maximum Gasteiger partial charge on any atom is 0.108 e. The summed E-state index contributed by atoms with van der Waals surface area (Å²) in [5, 5.41) is 19.0. The molecular weight excluding hydrogens is 321 g/mol. The Balaban J connectivity index is 0.00000176. The number of nitrogens with zero attached hydrogens (tertiary/aromatic N) is 2. The Morgan fingerprint density at radius 3 is 2.27 bits per heavy atom. The van der Waals surface area contributed by atoms with Crippen LogP contribution in [-0.4, -0.2) is 46.9 Å². The second-order valence-corrected chi connectivity index (χ2v) is 5.95. The molecule has 1 saturated heterocycles. The Labute approximate surface area is 142 Å². The number of hydrazine groups is 1. The fourth-order valence-electron chi connectivity index (χ4n) is 2.64. The Hall–Kier alpha value is -1.04. The monoisotopic (exact) mass is 341 g/mol. The summed E-state index contributed by atoms with van der Waals surface area (Å²) in [6.07, 6.45) is 8.14. The van der Waals surface area contributed by atoms with Crippen molar-refractivity contribution in [3.05, 3.63) is 59.4 Å². The number of halogens is 2. The molecule has 0 radical (unpaired) electrons. The van der Waals surface area contributed by atoms with E-state index in [2.05, 4.69) is 15.3 Å². The Morgan fingerprint density at radius 1 is 1.09 bits per heavy atom. The van der Waals surface area contributed by atoms with E-state index < -0.39 is 5.60 Å². The van der Waals surface area contributed by atoms with E-state index in [1.165, 1.54) is 0 Å². The topological polar surface area (TPSA) is 38.7 Å². The number of nitrogens with one attached hydrogen (secondary N) is 1. The molecule has 0 unspecified atom stereocenters. The molecule has 0 saturated carbocycles. The van der Waals surface area contributed by atoms with E-state index in [0.29, 0.717) is 11.4 Å². The lowest BCUT2D eigenvalue weighted by molar-refractivity contribution is 0.0420. The van der Waals surface area contributed by atoms with Crippen molar-refractivity contribution >= 4 is 24.0 Å². The summed E-state index contributed by atoms with van der Waals surface area (Å²) in [6.45, 7) is 3.94. The van der Waals surface area contributed by atoms with Gasteiger partial charge in [-0.05, 0) is 29.8 Å². The van der Waals surface area contributed by atoms with E-state index >= 15 is 0 Å². The molecule has 0 atom stereocenters. The number of hydrogen-bond donors (Lipinski definition) is 2. The highest BCUT2D eigenvalue weighted by molar-refractivity contribution is 6.30. The van der Waals surface area contributed by atoms with E-state index in [-0.39, 0.29) is 12.4 Å². The molecule has 1 aromatic rings. The van der Waals surface area contributed by atoms with Crippen LogP contribution in [0.15, 0.2) is 48.8 Å². The number of rotatable bonds is 3. The third kappa shape index (κ3) is 4.24. The van der Waals surface area contributed by atoms with Gasteiger partial charge in [-0.15, -0.1) is 12.4 Å². The molecule has 0 spiro atoms. The fraction of sp³-hybridized carbons (Fsp3) is 0.375. The number of benzene rings is 1. The summed E-state index contributed by atoms with van der Waals surface area (Å²) in [6, 6.07) is 7.60. The van der Waals surface area contributed by atoms with E-state index in [4.69, 9.17) is 11.6 Å². The molecule has 0 aromatic heterocycles. The molecule has 22 heavy (non-hydrogen) atoms. The van der Waals surface area contributed by atoms with Crippen molar-refractivity contribution < 1.29 is 5.11 Å². The highest BCUT2D eigenvalue weighted by Gasteiger charge is 2.25. The van der Waals surface area contributed by atoms with Crippen LogP contribution in [0.5, 0.6) is 0 Å². The zero-order chi connectivity index (χ0) is 14.7. The van der Waals surface area contributed by atoms with Gasteiger partial charge in [0.05, 0.1) is 0 Å². The van der Waals surface area contributed by atoms with Crippen LogP contribution < -0.4 is 5.32 Å². The summed E-state index contributed by atoms with van der Waals surface area (Å²) in [5.74, 6) is 0. The summed E-state index contributed by atoms with van der Waals surface area (Å²) in [4.78, 5) is 0. The van der Waals surface area contributed by atoms with Crippen LogP contribution >= 0.6 is 24.0 Å². The summed E-state index contributed by atoms with van der Waals surface area (Å²) < 4.78 is 0. The first kappa shape index (κ1) is 17.3. The van der Waals surface area contributed by atoms with Crippen molar-refractivity contribution in [1.29, 1.82) is 0 Å². The lowest BCUT2D eigenvalue weighted by Crippen LogP contribution is -2.49. The highest BCUT2D eigenvalue weighted by atomic mass is 35.5. The molecule has 0 aliphatic carbocycles. The average molecular weight is 342 g/mol. The zero-order valence-electron chi connectivity index (χ0n) is 12.3. The SMILES string of the molecule is Cl.OC1(Cc2ccc(Cl)cc2)C=CN(N2CCNCC2)C=C1. The standard InChI is InChI=1S/C16H20ClN3O.ClH/c17-15-3-1-14(2-4-15)13-16(21)5-9-19(10-6-16)20-11-7-18-8-12-20;/h1-6,9-10,18,21H,7-8,11-13H2;1H. The van der Waals surface area contributed by atoms with Gasteiger partial charge in [0.15, 0.2) is 0 Å². The molecule has 4 nitrogen and oxygen atoms in total. The molecule has 0 bridgehead atoms. The predicted molar refractivity (Wildman–Crippen MR) is 91.9 cm³/mol. The fourth-order valence-corrected chi connectivity index (χ4v) is 2.76. The second-order valence-electron chi connectivity index (χ2n) is 5.51. The average Bonchev–Trinajstić information content (AvgIpc) is 2.51. The highest BCUT2D eigenvalue weighted by Crippen LogP contribution is 2.23. The second kappa shape index (κ2) is 7.49. The van der Waals surface area contributed by atoms with E-state index in [0.717, 1.165) is 31.7 Å². The van der Waals surface area contributed by atoms with E-state index in [1.807, 2.05) is 48.8 Å². The summed E-state index contributed by atoms with van der Waals surface area (Å²) in [7, 11) is 0. The van der Waals surface area contributed by atoms with Crippen molar-refractivity contribution in [2.45, 2.75) is 12.0 Å². The minimum absolute atomic E-state index is 0. The minimum atomic E-state index is -0.932. The molecular formula is C16H21Cl2N3O. The Morgan fingerprint density at radius 2 is 1.68 bits per heavy atom. The Kier molecular flexibility index (Phi) is 5.89. The van der Waals surface area contributed by atoms with Gasteiger partial charge >= 0.3 is 0 Å². The van der Waals surface area contributed by atoms with Crippen LogP contribution in [0.1, 0.15) is 5.56 Å². The largest absolute Gasteiger partial charge is 0.381 e. The molecule has 2 aliphatic rings. The van der Waals surface area contributed by atoms with Gasteiger partial charge in [0.1, 0.15) is 5.60 Å². The predicted octanol–water partition coefficient (Wildman–Crippen LogP) is 2.20. The molecule has 6 heteroatoms. The first-order valence-electron chi connectivity index (χ1n) is 7.24. The van der Waals surface area contributed by atoms with Crippen LogP contribution in [0.2, 0.25) is 5.02 Å². The van der Waals surface area contributed by atoms with Gasteiger partial charge in [-0.25, -0.2) is 5.01 Å². The Bertz CT molecular complexity index is 525. The minimum Gasteiger partial charge on any atom is -0.381 e. The van der Waals surface area contributed by atoms with Crippen LogP contribution in [0.3, 0.4) is 0 Å². The van der Waals surface area contributed by atoms with Crippen LogP contribution in [-0.2, 0) is 6.42 Å². The maximum absolute atomic E-state index is 10.6. The molecule has 2 heterocycles. The third-order valence-electron chi connectivity index (χ3n) is 3.85. The lowest BCUT2D eigenvalue weighted by Gasteiger charge is -2.38. The van der Waals surface area contributed by atoms with Gasteiger partial charge < -0.3 is 10.4 Å². The lowest BCUT2D eigenvalue weighted by atomic mass is 9.93. The molecule has 2 aliphatic heterocycles. The smallest absolute Gasteiger partial charge is 0.108 e. The van der Waals surface area contributed by atoms with Gasteiger partial charge in [0.25, 0.3) is 0 Å². The first-order valence-corrected chi connectivity index (χ1v) is 7.62. The summed E-state index contributed by atoms with van der Waals surface area (Å²) in [5.41, 5.74) is 0.130. The molecule has 0 amide bonds. The van der Waals surface area contributed by atoms with E-state index in [9.17, 15) is 5.11 Å². The summed E-state index contributed by atoms with van der Waals surface area (Å²) >= 11 is 5.89. The number of aliphatic hydroxyl groups is 1. The van der Waals surface area contributed by atoms with E-state index in [1.54, 1.807) is 0 Å². The maximum atomic E-state index is 10.6. The quantitative estimate of drug-likeness (QED) is 0.883. The van der Waals surface area contributed by atoms with Crippen molar-refractivity contribution in [1.82, 2.24) is 15.3 Å². The van der Waals surface area contributed by atoms with Crippen LogP contribution in [0, 0.1) is 0 Å². The normalized spacial score (nSPS) is 20.7. The molecule has 3 rings (SSSR count). The van der Waals surface area contributed by atoms with Crippen molar-refractivity contribution in [2.24, 2.45) is 0 Å². The van der Waals surface area contributed by atoms with Gasteiger partial charge in [0.2, 0.25) is 0 Å². The van der Waals surface area contributed by atoms with Crippen LogP contribution in [0.25, 0.3) is 0 Å². The molecule has 1 aromatic carbocycles. The molecule has 2 N–H and O–H groups in total. The van der Waals surface area contributed by atoms with Gasteiger partial charge in [-0.1, -0.05) is 23.7 Å². The van der Waals surface area contributed by atoms with Crippen molar-refractivity contribution in [3.8, 4) is 0 Å². The van der Waals surface area contributed by atoms with Gasteiger partial charge in [0, 0.05) is 50.0 Å². The molecule has 120 valence electrons.